The summed E-state index contributed by atoms with van der Waals surface area (Å²) < 4.78 is 39.2. The summed E-state index contributed by atoms with van der Waals surface area (Å²) in [5, 5.41) is 3.74. The Hall–Kier alpha value is -2.69. The predicted octanol–water partition coefficient (Wildman–Crippen LogP) is 4.52. The van der Waals surface area contributed by atoms with Gasteiger partial charge in [-0.25, -0.2) is 14.5 Å². The highest BCUT2D eigenvalue weighted by Crippen LogP contribution is 2.67. The topological polar surface area (TPSA) is 140 Å². The van der Waals surface area contributed by atoms with Gasteiger partial charge in [0.1, 0.15) is 29.6 Å². The number of nitrogens with zero attached hydrogens (tertiary/aromatic N) is 3. The van der Waals surface area contributed by atoms with E-state index in [4.69, 9.17) is 35.9 Å². The lowest BCUT2D eigenvalue weighted by atomic mass is 9.99. The number of fused-ring (bicyclic) bond motifs is 2. The molecule has 1 saturated carbocycles. The highest BCUT2D eigenvalue weighted by molar-refractivity contribution is 7.52. The molecule has 0 radical (unpaired) electrons. The monoisotopic (exact) mass is 563 g/mol. The molecule has 2 aromatic heterocycles. The molecule has 204 valence electrons. The van der Waals surface area contributed by atoms with Crippen LogP contribution in [0.1, 0.15) is 40.2 Å². The van der Waals surface area contributed by atoms with Gasteiger partial charge in [-0.2, -0.15) is 5.09 Å². The van der Waals surface area contributed by atoms with Crippen molar-refractivity contribution < 1.29 is 27.9 Å². The van der Waals surface area contributed by atoms with E-state index in [0.29, 0.717) is 12.2 Å². The number of para-hydroxylation sites is 1. The van der Waals surface area contributed by atoms with Crippen molar-refractivity contribution in [2.75, 3.05) is 12.3 Å². The lowest BCUT2D eigenvalue weighted by Crippen LogP contribution is -2.37. The van der Waals surface area contributed by atoms with Crippen LogP contribution in [0.3, 0.4) is 0 Å². The van der Waals surface area contributed by atoms with Crippen molar-refractivity contribution in [2.24, 2.45) is 5.41 Å². The minimum Gasteiger partial charge on any atom is -0.465 e. The smallest absolute Gasteiger partial charge is 0.459 e. The number of anilines is 1. The summed E-state index contributed by atoms with van der Waals surface area (Å²) in [5.41, 5.74) is 6.59. The zero-order chi connectivity index (χ0) is 27.2. The van der Waals surface area contributed by atoms with Crippen LogP contribution in [0.2, 0.25) is 5.02 Å². The maximum absolute atomic E-state index is 13.9. The molecule has 11 nitrogen and oxygen atoms in total. The number of carbonyl (C=O) groups is 1. The fourth-order valence-corrected chi connectivity index (χ4v) is 7.12. The van der Waals surface area contributed by atoms with Gasteiger partial charge in [-0.1, -0.05) is 30.7 Å². The van der Waals surface area contributed by atoms with E-state index in [2.05, 4.69) is 26.5 Å². The first-order chi connectivity index (χ1) is 18.1. The number of hydrogen-bond acceptors (Lipinski definition) is 9. The number of benzene rings is 1. The van der Waals surface area contributed by atoms with Gasteiger partial charge in [0.05, 0.1) is 41.4 Å². The molecule has 1 aromatic carbocycles. The number of hydrogen-bond donors (Lipinski definition) is 2. The zero-order valence-corrected chi connectivity index (χ0v) is 23.2. The lowest BCUT2D eigenvalue weighted by Gasteiger charge is -2.29. The summed E-state index contributed by atoms with van der Waals surface area (Å²) in [6.07, 6.45) is 2.99. The molecule has 38 heavy (non-hydrogen) atoms. The van der Waals surface area contributed by atoms with Gasteiger partial charge in [0, 0.05) is 11.6 Å². The Morgan fingerprint density at radius 3 is 2.79 bits per heavy atom. The molecule has 1 saturated heterocycles. The second-order valence-electron chi connectivity index (χ2n) is 9.90. The molecule has 7 unspecified atom stereocenters. The van der Waals surface area contributed by atoms with Crippen LogP contribution in [0.25, 0.3) is 11.0 Å². The molecule has 1 aliphatic heterocycles. The van der Waals surface area contributed by atoms with Crippen LogP contribution in [-0.4, -0.2) is 51.5 Å². The van der Waals surface area contributed by atoms with Crippen LogP contribution in [0, 0.1) is 5.41 Å². The summed E-state index contributed by atoms with van der Waals surface area (Å²) >= 11 is 6.24. The first-order valence-electron chi connectivity index (χ1n) is 12.5. The van der Waals surface area contributed by atoms with Crippen molar-refractivity contribution in [1.29, 1.82) is 0 Å². The molecule has 7 atom stereocenters. The van der Waals surface area contributed by atoms with Gasteiger partial charge in [0.25, 0.3) is 0 Å². The number of halogens is 1. The second kappa shape index (κ2) is 10.1. The molecule has 1 aliphatic carbocycles. The van der Waals surface area contributed by atoms with E-state index in [1.807, 2.05) is 12.3 Å². The summed E-state index contributed by atoms with van der Waals surface area (Å²) in [6.45, 7) is 7.32. The van der Waals surface area contributed by atoms with E-state index >= 15 is 0 Å². The van der Waals surface area contributed by atoms with Gasteiger partial charge in [-0.05, 0) is 45.4 Å². The molecule has 3 aromatic rings. The van der Waals surface area contributed by atoms with Gasteiger partial charge in [0.15, 0.2) is 0 Å². The molecular weight excluding hydrogens is 533 g/mol. The quantitative estimate of drug-likeness (QED) is 0.267. The number of ether oxygens (including phenoxy) is 2. The van der Waals surface area contributed by atoms with Crippen molar-refractivity contribution in [2.45, 2.75) is 64.5 Å². The Kier molecular flexibility index (Phi) is 7.17. The summed E-state index contributed by atoms with van der Waals surface area (Å²) in [7, 11) is -4.09. The number of nitrogens with one attached hydrogen (secondary N) is 1. The van der Waals surface area contributed by atoms with Crippen molar-refractivity contribution in [3.05, 3.63) is 47.9 Å². The van der Waals surface area contributed by atoms with E-state index in [9.17, 15) is 9.36 Å². The molecule has 5 rings (SSSR count). The van der Waals surface area contributed by atoms with Crippen molar-refractivity contribution in [1.82, 2.24) is 19.6 Å². The van der Waals surface area contributed by atoms with Crippen LogP contribution < -0.4 is 15.3 Å². The Balaban J connectivity index is 1.30. The SMILES string of the molecule is CCOC(=O)C(C)NP(=O)(Oc1ccccc1Cl)OC(C)C1CC2(C)C(O1)C2n1ccc2c(N)ncnc21. The van der Waals surface area contributed by atoms with Crippen molar-refractivity contribution in [3.63, 3.8) is 0 Å². The lowest BCUT2D eigenvalue weighted by molar-refractivity contribution is -0.144. The zero-order valence-electron chi connectivity index (χ0n) is 21.5. The van der Waals surface area contributed by atoms with Gasteiger partial charge >= 0.3 is 13.7 Å². The number of rotatable bonds is 10. The van der Waals surface area contributed by atoms with Crippen LogP contribution >= 0.6 is 19.3 Å². The molecule has 13 heteroatoms. The second-order valence-corrected chi connectivity index (χ2v) is 12.0. The summed E-state index contributed by atoms with van der Waals surface area (Å²) in [4.78, 5) is 20.7. The predicted molar refractivity (Wildman–Crippen MR) is 142 cm³/mol. The number of aromatic nitrogens is 3. The van der Waals surface area contributed by atoms with Gasteiger partial charge in [-0.15, -0.1) is 0 Å². The van der Waals surface area contributed by atoms with Crippen LogP contribution in [0.5, 0.6) is 5.75 Å². The highest BCUT2D eigenvalue weighted by atomic mass is 35.5. The van der Waals surface area contributed by atoms with Gasteiger partial charge < -0.3 is 24.3 Å². The first-order valence-corrected chi connectivity index (χ1v) is 14.4. The molecule has 0 spiro atoms. The normalized spacial score (nSPS) is 27.3. The number of carbonyl (C=O) groups excluding carboxylic acids is 1. The standard InChI is InChI=1S/C25H31ClN5O6P/c1-5-34-24(32)14(2)30-38(33,37-18-9-7-6-8-17(18)26)36-15(3)19-12-25(4)20(21(25)35-19)31-11-10-16-22(27)28-13-29-23(16)31/h6-11,13-15,19-21H,5,12H2,1-4H3,(H,30,33)(H2,27,28,29). The van der Waals surface area contributed by atoms with Gasteiger partial charge in [0.2, 0.25) is 0 Å². The summed E-state index contributed by atoms with van der Waals surface area (Å²) in [6, 6.07) is 7.63. The molecular formula is C25H31ClN5O6P. The molecule has 3 N–H and O–H groups in total. The van der Waals surface area contributed by atoms with E-state index in [1.54, 1.807) is 38.1 Å². The van der Waals surface area contributed by atoms with Crippen molar-refractivity contribution in [3.8, 4) is 5.75 Å². The number of nitrogens with two attached hydrogens (primary N) is 1. The maximum Gasteiger partial charge on any atom is 0.459 e. The van der Waals surface area contributed by atoms with Crippen molar-refractivity contribution >= 4 is 42.2 Å². The molecule has 0 amide bonds. The van der Waals surface area contributed by atoms with Crippen LogP contribution in [0.15, 0.2) is 42.9 Å². The van der Waals surface area contributed by atoms with Gasteiger partial charge in [-0.3, -0.25) is 9.32 Å². The average molecular weight is 564 g/mol. The Bertz CT molecular complexity index is 1400. The maximum atomic E-state index is 13.9. The average Bonchev–Trinajstić information content (AvgIpc) is 3.17. The fourth-order valence-electron chi connectivity index (χ4n) is 5.16. The highest BCUT2D eigenvalue weighted by Gasteiger charge is 2.70. The Morgan fingerprint density at radius 2 is 2.11 bits per heavy atom. The first kappa shape index (κ1) is 26.9. The molecule has 3 heterocycles. The van der Waals surface area contributed by atoms with Crippen LogP contribution in [-0.2, 0) is 23.4 Å². The largest absolute Gasteiger partial charge is 0.465 e. The van der Waals surface area contributed by atoms with E-state index in [-0.39, 0.29) is 41.0 Å². The third kappa shape index (κ3) is 4.89. The molecule has 2 aliphatic rings. The third-order valence-corrected chi connectivity index (χ3v) is 9.24. The Labute approximate surface area is 225 Å². The van der Waals surface area contributed by atoms with E-state index in [1.165, 1.54) is 13.3 Å². The number of esters is 1. The van der Waals surface area contributed by atoms with E-state index in [0.717, 1.165) is 11.0 Å². The molecule has 0 bridgehead atoms. The molecule has 2 fully saturated rings. The Morgan fingerprint density at radius 1 is 1.34 bits per heavy atom. The summed E-state index contributed by atoms with van der Waals surface area (Å²) in [5.74, 6) is 0.0180. The minimum absolute atomic E-state index is 0.0749. The van der Waals surface area contributed by atoms with E-state index < -0.39 is 25.9 Å². The fraction of sp³-hybridized carbons (Fsp3) is 0.480. The number of nitrogen functional groups attached to an aromatic ring is 1. The third-order valence-electron chi connectivity index (χ3n) is 7.18. The van der Waals surface area contributed by atoms with Crippen LogP contribution in [0.4, 0.5) is 5.82 Å². The minimum atomic E-state index is -4.09.